The van der Waals surface area contributed by atoms with Crippen LogP contribution in [0.1, 0.15) is 105 Å². The summed E-state index contributed by atoms with van der Waals surface area (Å²) in [5, 5.41) is 14.2. The molecule has 710 valence electrons. The quantitative estimate of drug-likeness (QED) is 0.114. The first-order valence-electron chi connectivity index (χ1n) is 50.5. The number of nitrogens with zero attached hydrogens (tertiary/aromatic N) is 14. The number of pyridine rings is 2. The molecular weight excluding hydrogens is 1820 g/mol. The van der Waals surface area contributed by atoms with Gasteiger partial charge in [0.25, 0.3) is 0 Å². The number of fused-ring (bicyclic) bond motifs is 3. The summed E-state index contributed by atoms with van der Waals surface area (Å²) in [4.78, 5) is 88.3. The fourth-order valence-corrected chi connectivity index (χ4v) is 22.8. The third-order valence-corrected chi connectivity index (χ3v) is 29.6. The van der Waals surface area contributed by atoms with Crippen LogP contribution in [0.4, 0.5) is 0 Å². The smallest absolute Gasteiger partial charge is 0.381 e. The van der Waals surface area contributed by atoms with E-state index >= 15 is 0 Å². The minimum Gasteiger partial charge on any atom is -0.381 e. The third-order valence-electron chi connectivity index (χ3n) is 29.6. The molecule has 30 rings (SSSR count). The molecule has 3 fully saturated rings. The average molecular weight is 1920 g/mol. The van der Waals surface area contributed by atoms with Gasteiger partial charge in [-0.2, -0.15) is 82.6 Å². The topological polar surface area (TPSA) is 187 Å². The van der Waals surface area contributed by atoms with Crippen molar-refractivity contribution in [3.8, 4) is 56.8 Å². The zero-order chi connectivity index (χ0) is 98.7. The first kappa shape index (κ1) is 90.0. The summed E-state index contributed by atoms with van der Waals surface area (Å²) in [5.74, 6) is 1.37. The normalized spacial score (nSPS) is 13.7. The van der Waals surface area contributed by atoms with E-state index in [2.05, 4.69) is 107 Å². The van der Waals surface area contributed by atoms with Gasteiger partial charge < -0.3 is 4.74 Å². The Morgan fingerprint density at radius 1 is 0.231 bits per heavy atom. The molecule has 14 aromatic heterocycles. The Kier molecular flexibility index (Phi) is 23.6. The fourth-order valence-electron chi connectivity index (χ4n) is 22.8. The number of hydrogen-bond acceptors (Lipinski definition) is 9. The Hall–Kier alpha value is -18.3. The van der Waals surface area contributed by atoms with Crippen LogP contribution in [0.2, 0.25) is 0 Å². The highest BCUT2D eigenvalue weighted by molar-refractivity contribution is 6.13. The van der Waals surface area contributed by atoms with Gasteiger partial charge in [0.05, 0.1) is 32.3 Å². The molecule has 0 unspecified atom stereocenters. The van der Waals surface area contributed by atoms with Gasteiger partial charge in [0.1, 0.15) is 105 Å². The van der Waals surface area contributed by atoms with E-state index in [1.807, 2.05) is 334 Å². The maximum Gasteiger partial charge on any atom is 0.508 e. The molecule has 2 saturated carbocycles. The van der Waals surface area contributed by atoms with E-state index in [0.717, 1.165) is 186 Å². The van der Waals surface area contributed by atoms with Gasteiger partial charge in [-0.25, -0.2) is 0 Å². The van der Waals surface area contributed by atoms with Gasteiger partial charge in [-0.05, 0) is 221 Å². The van der Waals surface area contributed by atoms with Crippen molar-refractivity contribution in [3.63, 3.8) is 0 Å². The summed E-state index contributed by atoms with van der Waals surface area (Å²) in [5.41, 5.74) is 19.1. The van der Waals surface area contributed by atoms with Gasteiger partial charge in [0.15, 0.2) is 38.8 Å². The number of para-hydroxylation sites is 13. The van der Waals surface area contributed by atoms with Gasteiger partial charge >= 0.3 is 34.1 Å². The molecule has 1 aliphatic heterocycles. The predicted octanol–water partition coefficient (Wildman–Crippen LogP) is 20.9. The summed E-state index contributed by atoms with van der Waals surface area (Å²) in [7, 11) is 0. The van der Waals surface area contributed by atoms with E-state index in [-0.39, 0.29) is 34.1 Å². The SMILES string of the molecule is O=c1n2c(-c3ccccn3)cc3cccc(c[n+]1-c1ccccc1)c32.O=c1n2c(-c3ccncc3)cc3cccc(c[n+]1-c1ccccc1)c32.O=c1n2c(C3CCCC3)cc3cccc(c[n+]1-c1ccccc1)c32.O=c1n2c(C3CCCCC3)cc3cccc(c[n+]1-c1ccccc1)c32.O=c1n2c(C3CCOCC3)cc3cccc(c[n+]1-c1ccccc1)c32.O=c1n2c3ccccc3c3cccc(c[n+]1-c1ccccc1)c32. The molecule has 21 nitrogen and oxygen atoms in total. The average Bonchev–Trinajstić information content (AvgIpc) is 1.61. The highest BCUT2D eigenvalue weighted by Crippen LogP contribution is 2.41. The molecule has 3 aliphatic rings. The molecule has 27 aromatic rings. The van der Waals surface area contributed by atoms with Crippen molar-refractivity contribution in [2.24, 2.45) is 0 Å². The first-order chi connectivity index (χ1) is 72.5. The van der Waals surface area contributed by atoms with E-state index in [4.69, 9.17) is 4.74 Å². The highest BCUT2D eigenvalue weighted by atomic mass is 16.5. The van der Waals surface area contributed by atoms with E-state index in [1.165, 1.54) is 79.9 Å². The Morgan fingerprint density at radius 3 is 0.891 bits per heavy atom. The maximum atomic E-state index is 13.4. The Labute approximate surface area is 842 Å². The van der Waals surface area contributed by atoms with Gasteiger partial charge in [-0.1, -0.05) is 226 Å². The van der Waals surface area contributed by atoms with E-state index in [1.54, 1.807) is 54.8 Å². The van der Waals surface area contributed by atoms with Crippen molar-refractivity contribution in [1.29, 1.82) is 0 Å². The summed E-state index contributed by atoms with van der Waals surface area (Å²) in [6.45, 7) is 1.53. The van der Waals surface area contributed by atoms with E-state index in [9.17, 15) is 28.8 Å². The van der Waals surface area contributed by atoms with Crippen LogP contribution < -0.4 is 61.5 Å². The Bertz CT molecular complexity index is 9540. The van der Waals surface area contributed by atoms with E-state index in [0.29, 0.717) is 17.8 Å². The van der Waals surface area contributed by atoms with Crippen LogP contribution in [0.25, 0.3) is 165 Å². The van der Waals surface area contributed by atoms with Crippen LogP contribution in [0.5, 0.6) is 0 Å². The lowest BCUT2D eigenvalue weighted by Crippen LogP contribution is -2.50. The van der Waals surface area contributed by atoms with Crippen LogP contribution in [0.15, 0.2) is 461 Å². The lowest BCUT2D eigenvalue weighted by molar-refractivity contribution is -0.614. The molecular formula is C126H100N14O7+6. The number of ether oxygens (including phenoxy) is 1. The predicted molar refractivity (Wildman–Crippen MR) is 577 cm³/mol. The molecule has 21 heteroatoms. The van der Waals surface area contributed by atoms with Gasteiger partial charge in [-0.3, -0.25) is 9.97 Å². The number of aromatic nitrogens is 14. The Morgan fingerprint density at radius 2 is 0.517 bits per heavy atom. The van der Waals surface area contributed by atoms with Crippen molar-refractivity contribution in [2.45, 2.75) is 88.4 Å². The summed E-state index contributed by atoms with van der Waals surface area (Å²) >= 11 is 0. The van der Waals surface area contributed by atoms with Crippen molar-refractivity contribution in [3.05, 3.63) is 512 Å². The zero-order valence-electron chi connectivity index (χ0n) is 80.5. The van der Waals surface area contributed by atoms with Crippen LogP contribution in [-0.2, 0) is 4.74 Å². The molecule has 147 heavy (non-hydrogen) atoms. The molecule has 15 heterocycles. The van der Waals surface area contributed by atoms with E-state index < -0.39 is 0 Å². The van der Waals surface area contributed by atoms with Crippen LogP contribution in [0, 0.1) is 0 Å². The number of hydrogen-bond donors (Lipinski definition) is 0. The summed E-state index contributed by atoms with van der Waals surface area (Å²) < 4.78 is 27.2. The first-order valence-corrected chi connectivity index (χ1v) is 50.5. The zero-order valence-corrected chi connectivity index (χ0v) is 80.5. The highest BCUT2D eigenvalue weighted by Gasteiger charge is 2.35. The largest absolute Gasteiger partial charge is 0.508 e. The Balaban J connectivity index is 0.0000000918. The van der Waals surface area contributed by atoms with Gasteiger partial charge in [-0.15, -0.1) is 0 Å². The van der Waals surface area contributed by atoms with Gasteiger partial charge in [0.2, 0.25) is 0 Å². The molecule has 0 amide bonds. The van der Waals surface area contributed by atoms with Crippen LogP contribution >= 0.6 is 0 Å². The molecule has 0 bridgehead atoms. The summed E-state index contributed by atoms with van der Waals surface area (Å²) in [6.07, 6.45) is 30.0. The lowest BCUT2D eigenvalue weighted by atomic mass is 9.87. The molecule has 0 radical (unpaired) electrons. The van der Waals surface area contributed by atoms with Gasteiger partial charge in [0, 0.05) is 92.8 Å². The molecule has 1 saturated heterocycles. The second-order valence-electron chi connectivity index (χ2n) is 38.3. The second-order valence-corrected chi connectivity index (χ2v) is 38.3. The fraction of sp³-hybridized carbons (Fsp3) is 0.127. The molecule has 2 aliphatic carbocycles. The van der Waals surface area contributed by atoms with Crippen LogP contribution in [-0.4, -0.2) is 49.6 Å². The summed E-state index contributed by atoms with van der Waals surface area (Å²) in [6, 6.07) is 124. The molecule has 0 N–H and O–H groups in total. The van der Waals surface area contributed by atoms with Crippen molar-refractivity contribution in [1.82, 2.24) is 36.4 Å². The van der Waals surface area contributed by atoms with Crippen molar-refractivity contribution < 1.29 is 32.1 Å². The number of benzene rings is 13. The van der Waals surface area contributed by atoms with Crippen molar-refractivity contribution >= 4 is 109 Å². The lowest BCUT2D eigenvalue weighted by Gasteiger charge is -2.19. The molecule has 0 atom stereocenters. The minimum atomic E-state index is -0.0967. The number of rotatable bonds is 11. The third kappa shape index (κ3) is 16.3. The standard InChI is InChI=1S/C22H21N2O.2C21H14N3O.C21H19N2O2.C21H19N2O.C20H13N2O/c25-22-23(19-12-5-2-6-13-19)15-18-11-7-10-17-14-20(24(22)21(17)18)16-8-3-1-4-9-16;25-21-23(17-9-2-1-3-10-17)14-16-8-6-7-15-13-19(24(21)20(15)16)18-11-4-5-12-22-18;25-21-23(18-7-2-1-3-8-18)14-17-6-4-5-16-13-19(24(21)20(16)17)15-9-11-22-12-10-15;24-21-22(18-7-2-1-3-8-18)14-17-6-4-5-16-13-19(23(21)20(16)17)15-9-11-25-12-10-15;24-21-22(18-11-2-1-3-12-18)14-17-10-6-9-16-13-19(23(21)20(16)17)15-7-4-5-8-15;23-20-21(15-8-2-1-3-9-15)13-14-7-6-11-17-16-10-4-5-12-18(16)22(20)19(14)17/h2,5-7,10-16H,1,3-4,8-9H2;2*1-14H;1-8,13-15H,9-12H2;1-3,6,9-15H,4-5,7-8H2;1-13H/q6*+1. The minimum absolute atomic E-state index is 0.00129. The second kappa shape index (κ2) is 38.5. The maximum absolute atomic E-state index is 13.4. The molecule has 13 aromatic carbocycles. The monoisotopic (exact) mass is 1920 g/mol. The van der Waals surface area contributed by atoms with Crippen molar-refractivity contribution in [2.75, 3.05) is 13.2 Å². The molecule has 0 spiro atoms. The van der Waals surface area contributed by atoms with Crippen LogP contribution in [0.3, 0.4) is 0 Å².